The SMILES string of the molecule is CC(=O)c1ccc(F)c(-c2ccc(OC3CC3)cc2)c1. The zero-order valence-corrected chi connectivity index (χ0v) is 11.2. The van der Waals surface area contributed by atoms with E-state index in [2.05, 4.69) is 0 Å². The van der Waals surface area contributed by atoms with E-state index < -0.39 is 0 Å². The quantitative estimate of drug-likeness (QED) is 0.777. The van der Waals surface area contributed by atoms with Crippen LogP contribution in [0.15, 0.2) is 42.5 Å². The van der Waals surface area contributed by atoms with Crippen LogP contribution >= 0.6 is 0 Å². The van der Waals surface area contributed by atoms with Gasteiger partial charge in [-0.1, -0.05) is 12.1 Å². The van der Waals surface area contributed by atoms with Gasteiger partial charge in [0.2, 0.25) is 0 Å². The second-order valence-corrected chi connectivity index (χ2v) is 5.09. The van der Waals surface area contributed by atoms with E-state index in [1.54, 1.807) is 6.07 Å². The predicted octanol–water partition coefficient (Wildman–Crippen LogP) is 4.24. The Hall–Kier alpha value is -2.16. The Kier molecular flexibility index (Phi) is 3.26. The second kappa shape index (κ2) is 5.08. The van der Waals surface area contributed by atoms with Crippen molar-refractivity contribution >= 4 is 5.78 Å². The zero-order chi connectivity index (χ0) is 14.1. The maximum Gasteiger partial charge on any atom is 0.159 e. The van der Waals surface area contributed by atoms with E-state index in [0.717, 1.165) is 24.2 Å². The summed E-state index contributed by atoms with van der Waals surface area (Å²) >= 11 is 0. The summed E-state index contributed by atoms with van der Waals surface area (Å²) in [6.45, 7) is 1.48. The van der Waals surface area contributed by atoms with Crippen molar-refractivity contribution in [2.24, 2.45) is 0 Å². The highest BCUT2D eigenvalue weighted by Gasteiger charge is 2.23. The Labute approximate surface area is 117 Å². The van der Waals surface area contributed by atoms with Crippen LogP contribution in [0.4, 0.5) is 4.39 Å². The van der Waals surface area contributed by atoms with Gasteiger partial charge in [-0.05, 0) is 55.7 Å². The molecule has 1 fully saturated rings. The number of carbonyl (C=O) groups is 1. The molecule has 0 aromatic heterocycles. The first-order chi connectivity index (χ1) is 9.63. The topological polar surface area (TPSA) is 26.3 Å². The molecule has 0 N–H and O–H groups in total. The third kappa shape index (κ3) is 2.72. The number of rotatable bonds is 4. The molecule has 0 radical (unpaired) electrons. The van der Waals surface area contributed by atoms with E-state index in [1.165, 1.54) is 19.1 Å². The van der Waals surface area contributed by atoms with Crippen LogP contribution in [0.2, 0.25) is 0 Å². The second-order valence-electron chi connectivity index (χ2n) is 5.09. The monoisotopic (exact) mass is 270 g/mol. The number of benzene rings is 2. The van der Waals surface area contributed by atoms with E-state index in [1.807, 2.05) is 24.3 Å². The van der Waals surface area contributed by atoms with Gasteiger partial charge in [0, 0.05) is 11.1 Å². The van der Waals surface area contributed by atoms with Gasteiger partial charge in [-0.2, -0.15) is 0 Å². The number of ether oxygens (including phenoxy) is 1. The van der Waals surface area contributed by atoms with Crippen molar-refractivity contribution in [1.29, 1.82) is 0 Å². The molecule has 0 unspecified atom stereocenters. The lowest BCUT2D eigenvalue weighted by molar-refractivity contribution is 0.101. The molecule has 3 heteroatoms. The molecular weight excluding hydrogens is 255 g/mol. The summed E-state index contributed by atoms with van der Waals surface area (Å²) in [7, 11) is 0. The lowest BCUT2D eigenvalue weighted by Crippen LogP contribution is -1.96. The fraction of sp³-hybridized carbons (Fsp3) is 0.235. The molecule has 2 nitrogen and oxygen atoms in total. The summed E-state index contributed by atoms with van der Waals surface area (Å²) in [5.41, 5.74) is 1.70. The molecule has 1 aliphatic rings. The van der Waals surface area contributed by atoms with Gasteiger partial charge in [0.25, 0.3) is 0 Å². The molecule has 0 bridgehead atoms. The minimum absolute atomic E-state index is 0.0695. The first-order valence-electron chi connectivity index (χ1n) is 6.71. The standard InChI is InChI=1S/C17H15FO2/c1-11(19)13-4-9-17(18)16(10-13)12-2-5-14(6-3-12)20-15-7-8-15/h2-6,9-10,15H,7-8H2,1H3. The van der Waals surface area contributed by atoms with E-state index in [4.69, 9.17) is 4.74 Å². The first-order valence-corrected chi connectivity index (χ1v) is 6.71. The van der Waals surface area contributed by atoms with Crippen LogP contribution in [0.25, 0.3) is 11.1 Å². The summed E-state index contributed by atoms with van der Waals surface area (Å²) < 4.78 is 19.6. The van der Waals surface area contributed by atoms with E-state index in [9.17, 15) is 9.18 Å². The molecule has 20 heavy (non-hydrogen) atoms. The number of carbonyl (C=O) groups excluding carboxylic acids is 1. The highest BCUT2D eigenvalue weighted by molar-refractivity contribution is 5.95. The molecule has 1 aliphatic carbocycles. The zero-order valence-electron chi connectivity index (χ0n) is 11.2. The van der Waals surface area contributed by atoms with Crippen LogP contribution < -0.4 is 4.74 Å². The van der Waals surface area contributed by atoms with Gasteiger partial charge in [-0.25, -0.2) is 4.39 Å². The fourth-order valence-electron chi connectivity index (χ4n) is 2.06. The molecule has 102 valence electrons. The van der Waals surface area contributed by atoms with Crippen molar-refractivity contribution in [2.45, 2.75) is 25.9 Å². The Morgan fingerprint density at radius 2 is 1.85 bits per heavy atom. The van der Waals surface area contributed by atoms with Crippen molar-refractivity contribution in [3.8, 4) is 16.9 Å². The predicted molar refractivity (Wildman–Crippen MR) is 75.5 cm³/mol. The smallest absolute Gasteiger partial charge is 0.159 e. The van der Waals surface area contributed by atoms with Crippen LogP contribution in [0, 0.1) is 5.82 Å². The summed E-state index contributed by atoms with van der Waals surface area (Å²) in [5.74, 6) is 0.408. The van der Waals surface area contributed by atoms with Crippen molar-refractivity contribution in [2.75, 3.05) is 0 Å². The fourth-order valence-corrected chi connectivity index (χ4v) is 2.06. The highest BCUT2D eigenvalue weighted by Crippen LogP contribution is 2.30. The lowest BCUT2D eigenvalue weighted by Gasteiger charge is -2.08. The molecule has 0 aliphatic heterocycles. The number of hydrogen-bond acceptors (Lipinski definition) is 2. The summed E-state index contributed by atoms with van der Waals surface area (Å²) in [6, 6.07) is 11.8. The maximum atomic E-state index is 13.9. The van der Waals surface area contributed by atoms with Crippen LogP contribution in [0.1, 0.15) is 30.1 Å². The van der Waals surface area contributed by atoms with Gasteiger partial charge >= 0.3 is 0 Å². The molecule has 0 atom stereocenters. The third-order valence-corrected chi connectivity index (χ3v) is 3.37. The van der Waals surface area contributed by atoms with Gasteiger partial charge in [0.15, 0.2) is 5.78 Å². The summed E-state index contributed by atoms with van der Waals surface area (Å²) in [4.78, 5) is 11.4. The van der Waals surface area contributed by atoms with Gasteiger partial charge < -0.3 is 4.74 Å². The molecule has 0 heterocycles. The Balaban J connectivity index is 1.90. The van der Waals surface area contributed by atoms with Crippen molar-refractivity contribution in [3.05, 3.63) is 53.8 Å². The van der Waals surface area contributed by atoms with Gasteiger partial charge in [0.05, 0.1) is 6.10 Å². The van der Waals surface area contributed by atoms with Crippen LogP contribution in [0.5, 0.6) is 5.75 Å². The molecule has 0 saturated heterocycles. The molecule has 2 aromatic rings. The minimum Gasteiger partial charge on any atom is -0.490 e. The van der Waals surface area contributed by atoms with Gasteiger partial charge in [-0.15, -0.1) is 0 Å². The van der Waals surface area contributed by atoms with Gasteiger partial charge in [0.1, 0.15) is 11.6 Å². The lowest BCUT2D eigenvalue weighted by atomic mass is 10.0. The van der Waals surface area contributed by atoms with Crippen molar-refractivity contribution in [1.82, 2.24) is 0 Å². The third-order valence-electron chi connectivity index (χ3n) is 3.37. The van der Waals surface area contributed by atoms with Crippen LogP contribution in [0.3, 0.4) is 0 Å². The Bertz CT molecular complexity index is 643. The number of Topliss-reactive ketones (excluding diaryl/α,β-unsaturated/α-hetero) is 1. The number of hydrogen-bond donors (Lipinski definition) is 0. The first kappa shape index (κ1) is 12.9. The van der Waals surface area contributed by atoms with E-state index in [0.29, 0.717) is 17.2 Å². The van der Waals surface area contributed by atoms with Crippen LogP contribution in [-0.4, -0.2) is 11.9 Å². The van der Waals surface area contributed by atoms with E-state index in [-0.39, 0.29) is 11.6 Å². The van der Waals surface area contributed by atoms with E-state index >= 15 is 0 Å². The summed E-state index contributed by atoms with van der Waals surface area (Å²) in [5, 5.41) is 0. The summed E-state index contributed by atoms with van der Waals surface area (Å²) in [6.07, 6.45) is 2.56. The van der Waals surface area contributed by atoms with Crippen molar-refractivity contribution in [3.63, 3.8) is 0 Å². The Morgan fingerprint density at radius 1 is 1.15 bits per heavy atom. The normalized spacial score (nSPS) is 14.1. The highest BCUT2D eigenvalue weighted by atomic mass is 19.1. The molecule has 2 aromatic carbocycles. The molecular formula is C17H15FO2. The molecule has 0 spiro atoms. The van der Waals surface area contributed by atoms with Gasteiger partial charge in [-0.3, -0.25) is 4.79 Å². The maximum absolute atomic E-state index is 13.9. The number of ketones is 1. The average Bonchev–Trinajstić information content (AvgIpc) is 3.24. The largest absolute Gasteiger partial charge is 0.490 e. The van der Waals surface area contributed by atoms with Crippen LogP contribution in [-0.2, 0) is 0 Å². The molecule has 0 amide bonds. The minimum atomic E-state index is -0.328. The Morgan fingerprint density at radius 3 is 2.45 bits per heavy atom. The van der Waals surface area contributed by atoms with Crippen molar-refractivity contribution < 1.29 is 13.9 Å². The molecule has 1 saturated carbocycles. The number of halogens is 1. The molecule has 3 rings (SSSR count). The average molecular weight is 270 g/mol.